The van der Waals surface area contributed by atoms with Crippen molar-refractivity contribution in [2.45, 2.75) is 77.3 Å². The fourth-order valence-electron chi connectivity index (χ4n) is 4.81. The van der Waals surface area contributed by atoms with Gasteiger partial charge >= 0.3 is 0 Å². The van der Waals surface area contributed by atoms with Crippen LogP contribution in [0, 0.1) is 11.3 Å². The summed E-state index contributed by atoms with van der Waals surface area (Å²) in [4.78, 5) is 11.8. The van der Waals surface area contributed by atoms with Crippen LogP contribution < -0.4 is 0 Å². The number of ether oxygens (including phenoxy) is 2. The lowest BCUT2D eigenvalue weighted by Crippen LogP contribution is -2.54. The molecule has 1 N–H and O–H groups in total. The number of allylic oxidation sites excluding steroid dienone is 2. The lowest BCUT2D eigenvalue weighted by molar-refractivity contribution is -0.208. The summed E-state index contributed by atoms with van der Waals surface area (Å²) in [6.07, 6.45) is 4.59. The fourth-order valence-corrected chi connectivity index (χ4v) is 4.81. The third-order valence-electron chi connectivity index (χ3n) is 6.36. The molecule has 4 atom stereocenters. The molecule has 0 aromatic rings. The van der Waals surface area contributed by atoms with E-state index in [-0.39, 0.29) is 17.1 Å². The topological polar surface area (TPSA) is 55.8 Å². The summed E-state index contributed by atoms with van der Waals surface area (Å²) in [5.41, 5.74) is -0.567. The summed E-state index contributed by atoms with van der Waals surface area (Å²) in [7, 11) is 0. The van der Waals surface area contributed by atoms with Crippen LogP contribution in [0.15, 0.2) is 11.6 Å². The Morgan fingerprint density at radius 1 is 1.27 bits per heavy atom. The van der Waals surface area contributed by atoms with E-state index < -0.39 is 17.0 Å². The fraction of sp³-hybridized carbons (Fsp3) is 0.833. The average Bonchev–Trinajstić information content (AvgIpc) is 2.89. The maximum Gasteiger partial charge on any atom is 0.163 e. The van der Waals surface area contributed by atoms with E-state index in [0.717, 1.165) is 12.0 Å². The molecule has 3 rings (SSSR count). The molecule has 2 fully saturated rings. The Kier molecular flexibility index (Phi) is 3.42. The number of hydrogen-bond donors (Lipinski definition) is 1. The Morgan fingerprint density at radius 2 is 1.95 bits per heavy atom. The average molecular weight is 308 g/mol. The van der Waals surface area contributed by atoms with Crippen LogP contribution in [0.4, 0.5) is 0 Å². The molecule has 1 saturated carbocycles. The van der Waals surface area contributed by atoms with Gasteiger partial charge in [0.25, 0.3) is 0 Å². The van der Waals surface area contributed by atoms with Crippen molar-refractivity contribution in [3.63, 3.8) is 0 Å². The molecule has 0 amide bonds. The number of ketones is 1. The van der Waals surface area contributed by atoms with Gasteiger partial charge in [0.2, 0.25) is 0 Å². The zero-order chi connectivity index (χ0) is 16.4. The molecule has 4 nitrogen and oxygen atoms in total. The maximum atomic E-state index is 11.8. The molecule has 0 radical (unpaired) electrons. The monoisotopic (exact) mass is 308 g/mol. The van der Waals surface area contributed by atoms with E-state index in [4.69, 9.17) is 9.47 Å². The van der Waals surface area contributed by atoms with Crippen molar-refractivity contribution < 1.29 is 19.4 Å². The highest BCUT2D eigenvalue weighted by atomic mass is 16.8. The van der Waals surface area contributed by atoms with Crippen LogP contribution in [-0.4, -0.2) is 34.5 Å². The highest BCUT2D eigenvalue weighted by Crippen LogP contribution is 2.60. The van der Waals surface area contributed by atoms with Gasteiger partial charge in [0, 0.05) is 6.42 Å². The summed E-state index contributed by atoms with van der Waals surface area (Å²) in [6.45, 7) is 10.3. The number of carbonyl (C=O) groups excluding carboxylic acids is 1. The largest absolute Gasteiger partial charge is 0.387 e. The second kappa shape index (κ2) is 4.65. The SMILES string of the molecule is CC1=CC(=O)C[C@@H](C)[C@@]12CC[C@@](O)([C@@]1(C)COC(C)(C)O1)C2. The number of hydrogen-bond acceptors (Lipinski definition) is 4. The predicted octanol–water partition coefficient (Wildman–Crippen LogP) is 2.98. The molecule has 2 aliphatic carbocycles. The summed E-state index contributed by atoms with van der Waals surface area (Å²) in [5, 5.41) is 11.4. The second-order valence-electron chi connectivity index (χ2n) is 8.28. The molecule has 1 heterocycles. The normalized spacial score (nSPS) is 48.0. The van der Waals surface area contributed by atoms with Crippen molar-refractivity contribution in [1.82, 2.24) is 0 Å². The molecule has 1 aliphatic heterocycles. The van der Waals surface area contributed by atoms with Crippen LogP contribution in [-0.2, 0) is 14.3 Å². The first kappa shape index (κ1) is 16.2. The lowest BCUT2D eigenvalue weighted by atomic mass is 9.63. The van der Waals surface area contributed by atoms with Crippen molar-refractivity contribution >= 4 is 5.78 Å². The summed E-state index contributed by atoms with van der Waals surface area (Å²) in [6, 6.07) is 0. The standard InChI is InChI=1S/C18H28O4/c1-12-8-14(19)9-13(2)17(12)6-7-18(20,10-17)16(5)11-21-15(3,4)22-16/h8,13,20H,6-7,9-11H2,1-5H3/t13-,16-,17-,18+/m1/s1. The molecule has 22 heavy (non-hydrogen) atoms. The van der Waals surface area contributed by atoms with Gasteiger partial charge in [0.1, 0.15) is 5.60 Å². The van der Waals surface area contributed by atoms with Crippen molar-refractivity contribution in [2.24, 2.45) is 11.3 Å². The molecular weight excluding hydrogens is 280 g/mol. The van der Waals surface area contributed by atoms with Gasteiger partial charge in [0.15, 0.2) is 11.6 Å². The summed E-state index contributed by atoms with van der Waals surface area (Å²) < 4.78 is 11.8. The van der Waals surface area contributed by atoms with Gasteiger partial charge in [-0.05, 0) is 64.4 Å². The van der Waals surface area contributed by atoms with E-state index in [1.807, 2.05) is 27.7 Å². The van der Waals surface area contributed by atoms with E-state index in [0.29, 0.717) is 25.9 Å². The van der Waals surface area contributed by atoms with E-state index in [1.54, 1.807) is 6.08 Å². The van der Waals surface area contributed by atoms with Crippen LogP contribution >= 0.6 is 0 Å². The van der Waals surface area contributed by atoms with Gasteiger partial charge < -0.3 is 14.6 Å². The van der Waals surface area contributed by atoms with E-state index in [9.17, 15) is 9.90 Å². The third kappa shape index (κ3) is 2.19. The number of carbonyl (C=O) groups is 1. The van der Waals surface area contributed by atoms with Crippen LogP contribution in [0.5, 0.6) is 0 Å². The van der Waals surface area contributed by atoms with Gasteiger partial charge in [-0.1, -0.05) is 12.5 Å². The van der Waals surface area contributed by atoms with E-state index in [1.165, 1.54) is 0 Å². The van der Waals surface area contributed by atoms with Gasteiger partial charge in [-0.15, -0.1) is 0 Å². The Labute approximate surface area is 132 Å². The van der Waals surface area contributed by atoms with Gasteiger partial charge in [-0.2, -0.15) is 0 Å². The highest BCUT2D eigenvalue weighted by Gasteiger charge is 2.63. The Balaban J connectivity index is 1.91. The maximum absolute atomic E-state index is 11.8. The first-order valence-corrected chi connectivity index (χ1v) is 8.30. The van der Waals surface area contributed by atoms with Crippen LogP contribution in [0.2, 0.25) is 0 Å². The third-order valence-corrected chi connectivity index (χ3v) is 6.36. The Morgan fingerprint density at radius 3 is 2.50 bits per heavy atom. The predicted molar refractivity (Wildman–Crippen MR) is 83.3 cm³/mol. The number of rotatable bonds is 1. The van der Waals surface area contributed by atoms with Crippen molar-refractivity contribution in [3.05, 3.63) is 11.6 Å². The van der Waals surface area contributed by atoms with Crippen molar-refractivity contribution in [3.8, 4) is 0 Å². The molecule has 0 aromatic heterocycles. The summed E-state index contributed by atoms with van der Waals surface area (Å²) >= 11 is 0. The molecular formula is C18H28O4. The molecule has 1 saturated heterocycles. The lowest BCUT2D eigenvalue weighted by Gasteiger charge is -2.44. The molecule has 124 valence electrons. The first-order chi connectivity index (χ1) is 10.0. The molecule has 0 aromatic carbocycles. The minimum absolute atomic E-state index is 0.0816. The van der Waals surface area contributed by atoms with Gasteiger partial charge in [0.05, 0.1) is 12.2 Å². The van der Waals surface area contributed by atoms with Crippen molar-refractivity contribution in [1.29, 1.82) is 0 Å². The van der Waals surface area contributed by atoms with Crippen LogP contribution in [0.1, 0.15) is 60.3 Å². The van der Waals surface area contributed by atoms with Crippen molar-refractivity contribution in [2.75, 3.05) is 6.61 Å². The number of aliphatic hydroxyl groups is 1. The van der Waals surface area contributed by atoms with E-state index in [2.05, 4.69) is 6.92 Å². The molecule has 4 heteroatoms. The quantitative estimate of drug-likeness (QED) is 0.809. The Hall–Kier alpha value is -0.710. The molecule has 0 bridgehead atoms. The minimum Gasteiger partial charge on any atom is -0.387 e. The van der Waals surface area contributed by atoms with E-state index >= 15 is 0 Å². The second-order valence-corrected chi connectivity index (χ2v) is 8.28. The molecule has 0 unspecified atom stereocenters. The molecule has 3 aliphatic rings. The zero-order valence-electron chi connectivity index (χ0n) is 14.4. The highest BCUT2D eigenvalue weighted by molar-refractivity contribution is 5.91. The van der Waals surface area contributed by atoms with Crippen LogP contribution in [0.3, 0.4) is 0 Å². The minimum atomic E-state index is -0.912. The Bertz CT molecular complexity index is 537. The summed E-state index contributed by atoms with van der Waals surface area (Å²) in [5.74, 6) is -0.184. The zero-order valence-corrected chi connectivity index (χ0v) is 14.4. The van der Waals surface area contributed by atoms with Gasteiger partial charge in [-0.3, -0.25) is 4.79 Å². The molecule has 1 spiro atoms. The van der Waals surface area contributed by atoms with Gasteiger partial charge in [-0.25, -0.2) is 0 Å². The first-order valence-electron chi connectivity index (χ1n) is 8.30. The van der Waals surface area contributed by atoms with Crippen LogP contribution in [0.25, 0.3) is 0 Å². The smallest absolute Gasteiger partial charge is 0.163 e.